The molecule has 2 aliphatic heterocycles. The molecule has 0 radical (unpaired) electrons. The molecule has 4 heterocycles. The summed E-state index contributed by atoms with van der Waals surface area (Å²) in [6, 6.07) is 32.3. The van der Waals surface area contributed by atoms with Gasteiger partial charge in [-0.25, -0.2) is 14.8 Å². The van der Waals surface area contributed by atoms with Gasteiger partial charge >= 0.3 is 6.09 Å². The molecule has 11 nitrogen and oxygen atoms in total. The number of carboxylic acid groups (broad SMARTS) is 1. The fraction of sp³-hybridized carbons (Fsp3) is 0.250. The van der Waals surface area contributed by atoms with Gasteiger partial charge in [-0.15, -0.1) is 0 Å². The standard InChI is InChI=1S/C44H43N7O4/c1-28-9-5-6-12-34(28)25-39(52)50-23-7-13-37(50)41-45-26-35(47-41)31-19-15-29(16-20-31)30-17-21-32(22-18-30)36-27-46-42(48-36)38-14-8-24-51(38)43(53)40(49-44(54)55)33-10-3-2-4-11-33/h2-6,9-12,15-22,26-27,37-38,40,49H,7-8,13-14,23-25H2,1H3,(H,45,47)(H,46,48)(H,54,55)/t37-,38-,40+/m0/s1. The van der Waals surface area contributed by atoms with Crippen LogP contribution in [0, 0.1) is 6.92 Å². The fourth-order valence-corrected chi connectivity index (χ4v) is 7.95. The number of hydrogen-bond acceptors (Lipinski definition) is 5. The van der Waals surface area contributed by atoms with E-state index in [-0.39, 0.29) is 23.9 Å². The van der Waals surface area contributed by atoms with Crippen LogP contribution in [0.4, 0.5) is 4.79 Å². The van der Waals surface area contributed by atoms with Crippen molar-refractivity contribution in [2.75, 3.05) is 13.1 Å². The van der Waals surface area contributed by atoms with Crippen molar-refractivity contribution < 1.29 is 19.5 Å². The molecule has 3 atom stereocenters. The first-order valence-corrected chi connectivity index (χ1v) is 18.8. The minimum Gasteiger partial charge on any atom is -0.465 e. The summed E-state index contributed by atoms with van der Waals surface area (Å²) in [6.45, 7) is 3.31. The molecule has 0 aliphatic carbocycles. The summed E-state index contributed by atoms with van der Waals surface area (Å²) in [5, 5.41) is 11.9. The molecule has 3 amide bonds. The number of imidazole rings is 2. The molecule has 2 aliphatic rings. The number of nitrogens with zero attached hydrogens (tertiary/aromatic N) is 4. The predicted octanol–water partition coefficient (Wildman–Crippen LogP) is 8.02. The molecule has 278 valence electrons. The Hall–Kier alpha value is -6.49. The van der Waals surface area contributed by atoms with Gasteiger partial charge < -0.3 is 30.2 Å². The lowest BCUT2D eigenvalue weighted by atomic mass is 10.0. The number of carbonyl (C=O) groups excluding carboxylic acids is 2. The average Bonchev–Trinajstić information content (AvgIpc) is 4.05. The van der Waals surface area contributed by atoms with Crippen molar-refractivity contribution in [3.63, 3.8) is 0 Å². The Morgan fingerprint density at radius 1 is 0.709 bits per heavy atom. The van der Waals surface area contributed by atoms with Gasteiger partial charge in [-0.3, -0.25) is 9.59 Å². The van der Waals surface area contributed by atoms with Crippen molar-refractivity contribution >= 4 is 17.9 Å². The van der Waals surface area contributed by atoms with Gasteiger partial charge in [-0.05, 0) is 71.6 Å². The van der Waals surface area contributed by atoms with Crippen LogP contribution in [0.1, 0.15) is 72.1 Å². The summed E-state index contributed by atoms with van der Waals surface area (Å²) >= 11 is 0. The summed E-state index contributed by atoms with van der Waals surface area (Å²) in [4.78, 5) is 58.7. The van der Waals surface area contributed by atoms with Gasteiger partial charge in [0.1, 0.15) is 17.7 Å². The third-order valence-electron chi connectivity index (χ3n) is 10.9. The molecule has 0 saturated carbocycles. The first-order chi connectivity index (χ1) is 26.8. The second kappa shape index (κ2) is 15.5. The minimum atomic E-state index is -1.25. The summed E-state index contributed by atoms with van der Waals surface area (Å²) in [5.41, 5.74) is 8.69. The maximum atomic E-state index is 13.7. The largest absolute Gasteiger partial charge is 0.465 e. The number of hydrogen-bond donors (Lipinski definition) is 4. The highest BCUT2D eigenvalue weighted by atomic mass is 16.4. The lowest BCUT2D eigenvalue weighted by Crippen LogP contribution is -2.42. The smallest absolute Gasteiger partial charge is 0.405 e. The lowest BCUT2D eigenvalue weighted by Gasteiger charge is -2.28. The monoisotopic (exact) mass is 733 g/mol. The Labute approximate surface area is 319 Å². The highest BCUT2D eigenvalue weighted by Crippen LogP contribution is 2.35. The van der Waals surface area contributed by atoms with Crippen LogP contribution < -0.4 is 5.32 Å². The molecule has 8 rings (SSSR count). The zero-order chi connectivity index (χ0) is 37.9. The molecule has 0 spiro atoms. The van der Waals surface area contributed by atoms with E-state index in [9.17, 15) is 19.5 Å². The van der Waals surface area contributed by atoms with Gasteiger partial charge in [0.15, 0.2) is 0 Å². The van der Waals surface area contributed by atoms with Crippen molar-refractivity contribution in [2.24, 2.45) is 0 Å². The SMILES string of the molecule is Cc1ccccc1CC(=O)N1CCC[C@H]1c1ncc(-c2ccc(-c3ccc(-c4cnc([C@@H]5CCCN5C(=O)[C@H](NC(=O)O)c5ccccc5)[nH]4)cc3)cc2)[nH]1. The van der Waals surface area contributed by atoms with Gasteiger partial charge in [0.25, 0.3) is 5.91 Å². The third kappa shape index (κ3) is 7.50. The topological polar surface area (TPSA) is 147 Å². The minimum absolute atomic E-state index is 0.0540. The zero-order valence-electron chi connectivity index (χ0n) is 30.6. The van der Waals surface area contributed by atoms with Gasteiger partial charge in [0.2, 0.25) is 5.91 Å². The van der Waals surface area contributed by atoms with Crippen molar-refractivity contribution in [2.45, 2.75) is 57.2 Å². The van der Waals surface area contributed by atoms with Gasteiger partial charge in [-0.1, -0.05) is 103 Å². The Bertz CT molecular complexity index is 2300. The van der Waals surface area contributed by atoms with E-state index in [0.717, 1.165) is 82.8 Å². The molecule has 0 unspecified atom stereocenters. The molecular formula is C44H43N7O4. The van der Waals surface area contributed by atoms with E-state index in [4.69, 9.17) is 4.98 Å². The normalized spacial score (nSPS) is 17.3. The zero-order valence-corrected chi connectivity index (χ0v) is 30.6. The highest BCUT2D eigenvalue weighted by molar-refractivity contribution is 5.87. The van der Waals surface area contributed by atoms with Crippen molar-refractivity contribution in [3.05, 3.63) is 144 Å². The number of carbonyl (C=O) groups is 3. The number of aryl methyl sites for hydroxylation is 1. The maximum Gasteiger partial charge on any atom is 0.405 e. The predicted molar refractivity (Wildman–Crippen MR) is 210 cm³/mol. The van der Waals surface area contributed by atoms with Crippen molar-refractivity contribution in [1.82, 2.24) is 35.1 Å². The number of likely N-dealkylation sites (tertiary alicyclic amines) is 2. The fourth-order valence-electron chi connectivity index (χ4n) is 7.95. The van der Waals surface area contributed by atoms with Crippen LogP contribution in [-0.4, -0.2) is 65.8 Å². The highest BCUT2D eigenvalue weighted by Gasteiger charge is 2.37. The Kier molecular flexibility index (Phi) is 9.99. The first kappa shape index (κ1) is 35.5. The third-order valence-corrected chi connectivity index (χ3v) is 10.9. The number of rotatable bonds is 10. The summed E-state index contributed by atoms with van der Waals surface area (Å²) in [7, 11) is 0. The van der Waals surface area contributed by atoms with Crippen LogP contribution in [0.5, 0.6) is 0 Å². The van der Waals surface area contributed by atoms with E-state index in [0.29, 0.717) is 24.4 Å². The summed E-state index contributed by atoms with van der Waals surface area (Å²) in [5.74, 6) is 1.35. The summed E-state index contributed by atoms with van der Waals surface area (Å²) < 4.78 is 0. The molecule has 2 fully saturated rings. The van der Waals surface area contributed by atoms with E-state index in [1.165, 1.54) is 0 Å². The van der Waals surface area contributed by atoms with Gasteiger partial charge in [-0.2, -0.15) is 0 Å². The number of H-pyrrole nitrogens is 2. The van der Waals surface area contributed by atoms with E-state index in [1.807, 2.05) is 48.4 Å². The quantitative estimate of drug-likeness (QED) is 0.112. The molecular weight excluding hydrogens is 691 g/mol. The average molecular weight is 734 g/mol. The maximum absolute atomic E-state index is 13.7. The van der Waals surface area contributed by atoms with E-state index in [1.54, 1.807) is 35.4 Å². The van der Waals surface area contributed by atoms with E-state index < -0.39 is 12.1 Å². The number of nitrogens with one attached hydrogen (secondary N) is 3. The molecule has 11 heteroatoms. The van der Waals surface area contributed by atoms with Crippen LogP contribution >= 0.6 is 0 Å². The lowest BCUT2D eigenvalue weighted by molar-refractivity contribution is -0.134. The van der Waals surface area contributed by atoms with Gasteiger partial charge in [0.05, 0.1) is 42.3 Å². The Morgan fingerprint density at radius 2 is 1.22 bits per heavy atom. The van der Waals surface area contributed by atoms with Crippen LogP contribution in [0.25, 0.3) is 33.6 Å². The number of aromatic amines is 2. The Morgan fingerprint density at radius 3 is 1.78 bits per heavy atom. The number of amides is 3. The van der Waals surface area contributed by atoms with Crippen LogP contribution in [0.3, 0.4) is 0 Å². The van der Waals surface area contributed by atoms with Crippen LogP contribution in [-0.2, 0) is 16.0 Å². The summed E-state index contributed by atoms with van der Waals surface area (Å²) in [6.07, 6.45) is 6.17. The van der Waals surface area contributed by atoms with Crippen molar-refractivity contribution in [1.29, 1.82) is 0 Å². The number of benzene rings is 4. The van der Waals surface area contributed by atoms with Gasteiger partial charge in [0, 0.05) is 13.1 Å². The second-order valence-electron chi connectivity index (χ2n) is 14.4. The molecule has 55 heavy (non-hydrogen) atoms. The first-order valence-electron chi connectivity index (χ1n) is 18.8. The number of aromatic nitrogens is 4. The second-order valence-corrected chi connectivity index (χ2v) is 14.4. The van der Waals surface area contributed by atoms with Crippen molar-refractivity contribution in [3.8, 4) is 33.6 Å². The van der Waals surface area contributed by atoms with E-state index in [2.05, 4.69) is 68.8 Å². The molecule has 0 bridgehead atoms. The molecule has 2 saturated heterocycles. The Balaban J connectivity index is 0.921. The molecule has 2 aromatic heterocycles. The molecule has 4 N–H and O–H groups in total. The molecule has 6 aromatic rings. The van der Waals surface area contributed by atoms with Crippen LogP contribution in [0.2, 0.25) is 0 Å². The van der Waals surface area contributed by atoms with E-state index >= 15 is 0 Å². The molecule has 4 aromatic carbocycles. The van der Waals surface area contributed by atoms with Crippen LogP contribution in [0.15, 0.2) is 116 Å².